The molecule has 0 radical (unpaired) electrons. The Kier molecular flexibility index (Phi) is 20.8. The topological polar surface area (TPSA) is 88.7 Å². The minimum atomic E-state index is -2.80. The van der Waals surface area contributed by atoms with E-state index in [1.54, 1.807) is 6.92 Å². The Morgan fingerprint density at radius 3 is 1.00 bits per heavy atom. The van der Waals surface area contributed by atoms with Crippen LogP contribution in [-0.4, -0.2) is 52.7 Å². The fourth-order valence-electron chi connectivity index (χ4n) is 0.957. The highest BCUT2D eigenvalue weighted by atomic mass is 28.4. The SMILES string of the molecule is CCO.CCO[Si](OCC)(OCC)OCC.O. The summed E-state index contributed by atoms with van der Waals surface area (Å²) >= 11 is 0. The molecule has 0 aromatic heterocycles. The van der Waals surface area contributed by atoms with E-state index >= 15 is 0 Å². The molecule has 0 amide bonds. The Balaban J connectivity index is -0.000000440. The summed E-state index contributed by atoms with van der Waals surface area (Å²) in [5.74, 6) is 0. The van der Waals surface area contributed by atoms with Crippen LogP contribution in [0.1, 0.15) is 34.6 Å². The average molecular weight is 272 g/mol. The molecule has 0 aromatic carbocycles. The van der Waals surface area contributed by atoms with Gasteiger partial charge >= 0.3 is 9.05 Å². The molecule has 0 unspecified atom stereocenters. The van der Waals surface area contributed by atoms with Crippen molar-refractivity contribution in [3.8, 4) is 0 Å². The van der Waals surface area contributed by atoms with Crippen molar-refractivity contribution < 1.29 is 28.3 Å². The zero-order valence-corrected chi connectivity index (χ0v) is 12.6. The van der Waals surface area contributed by atoms with Gasteiger partial charge in [0, 0.05) is 33.0 Å². The summed E-state index contributed by atoms with van der Waals surface area (Å²) in [6.45, 7) is 11.7. The summed E-state index contributed by atoms with van der Waals surface area (Å²) in [4.78, 5) is 0. The van der Waals surface area contributed by atoms with Gasteiger partial charge in [-0.2, -0.15) is 0 Å². The second kappa shape index (κ2) is 16.0. The highest BCUT2D eigenvalue weighted by molar-refractivity contribution is 6.53. The molecule has 0 bridgehead atoms. The molecule has 0 aromatic rings. The Morgan fingerprint density at radius 2 is 0.882 bits per heavy atom. The van der Waals surface area contributed by atoms with Crippen LogP contribution in [0.25, 0.3) is 0 Å². The molecule has 0 aliphatic carbocycles. The Labute approximate surface area is 106 Å². The molecule has 0 fully saturated rings. The fraction of sp³-hybridized carbons (Fsp3) is 1.00. The van der Waals surface area contributed by atoms with Crippen LogP contribution in [0.15, 0.2) is 0 Å². The molecule has 0 saturated heterocycles. The van der Waals surface area contributed by atoms with Gasteiger partial charge in [0.2, 0.25) is 0 Å². The van der Waals surface area contributed by atoms with Crippen molar-refractivity contribution in [1.29, 1.82) is 0 Å². The van der Waals surface area contributed by atoms with Gasteiger partial charge in [0.05, 0.1) is 0 Å². The van der Waals surface area contributed by atoms with E-state index in [1.807, 2.05) is 27.7 Å². The van der Waals surface area contributed by atoms with E-state index in [4.69, 9.17) is 22.8 Å². The lowest BCUT2D eigenvalue weighted by atomic mass is 10.9. The quantitative estimate of drug-likeness (QED) is 0.658. The predicted molar refractivity (Wildman–Crippen MR) is 68.6 cm³/mol. The van der Waals surface area contributed by atoms with E-state index < -0.39 is 9.05 Å². The first-order valence-electron chi connectivity index (χ1n) is 5.82. The van der Waals surface area contributed by atoms with Crippen LogP contribution < -0.4 is 0 Å². The lowest BCUT2D eigenvalue weighted by Crippen LogP contribution is -2.49. The van der Waals surface area contributed by atoms with Gasteiger partial charge in [0.1, 0.15) is 0 Å². The summed E-state index contributed by atoms with van der Waals surface area (Å²) in [5, 5.41) is 7.57. The zero-order chi connectivity index (χ0) is 12.9. The third kappa shape index (κ3) is 12.2. The van der Waals surface area contributed by atoms with Crippen molar-refractivity contribution in [2.24, 2.45) is 0 Å². The average Bonchev–Trinajstić information content (AvgIpc) is 2.20. The molecule has 0 aliphatic rings. The molecule has 17 heavy (non-hydrogen) atoms. The Bertz CT molecular complexity index is 106. The normalized spacial score (nSPS) is 10.2. The summed E-state index contributed by atoms with van der Waals surface area (Å²) in [6, 6.07) is 0. The lowest BCUT2D eigenvalue weighted by molar-refractivity contribution is -0.0247. The van der Waals surface area contributed by atoms with Gasteiger partial charge in [-0.05, 0) is 34.6 Å². The molecular formula is C10H28O6Si. The van der Waals surface area contributed by atoms with Crippen molar-refractivity contribution in [2.75, 3.05) is 33.0 Å². The second-order valence-electron chi connectivity index (χ2n) is 2.55. The molecule has 108 valence electrons. The first-order valence-corrected chi connectivity index (χ1v) is 7.46. The Hall–Kier alpha value is -0.0231. The zero-order valence-electron chi connectivity index (χ0n) is 11.6. The Morgan fingerprint density at radius 1 is 0.706 bits per heavy atom. The summed E-state index contributed by atoms with van der Waals surface area (Å²) < 4.78 is 21.7. The lowest BCUT2D eigenvalue weighted by Gasteiger charge is -2.26. The third-order valence-corrected chi connectivity index (χ3v) is 3.85. The van der Waals surface area contributed by atoms with Crippen molar-refractivity contribution >= 4 is 9.05 Å². The first kappa shape index (κ1) is 22.2. The van der Waals surface area contributed by atoms with Crippen molar-refractivity contribution in [2.45, 2.75) is 34.6 Å². The van der Waals surface area contributed by atoms with Gasteiger partial charge in [0.25, 0.3) is 0 Å². The molecule has 7 heteroatoms. The minimum absolute atomic E-state index is 0. The van der Waals surface area contributed by atoms with E-state index in [1.165, 1.54) is 0 Å². The molecule has 0 saturated carbocycles. The number of rotatable bonds is 8. The number of aliphatic hydroxyl groups is 1. The van der Waals surface area contributed by atoms with Crippen molar-refractivity contribution in [1.82, 2.24) is 0 Å². The van der Waals surface area contributed by atoms with Gasteiger partial charge in [-0.25, -0.2) is 0 Å². The summed E-state index contributed by atoms with van der Waals surface area (Å²) in [6.07, 6.45) is 0. The van der Waals surface area contributed by atoms with E-state index in [0.717, 1.165) is 0 Å². The van der Waals surface area contributed by atoms with Gasteiger partial charge in [-0.15, -0.1) is 0 Å². The maximum absolute atomic E-state index is 7.57. The molecule has 3 N–H and O–H groups in total. The highest BCUT2D eigenvalue weighted by Crippen LogP contribution is 2.11. The van der Waals surface area contributed by atoms with E-state index in [2.05, 4.69) is 0 Å². The number of hydrogen-bond donors (Lipinski definition) is 1. The summed E-state index contributed by atoms with van der Waals surface area (Å²) in [7, 11) is -2.80. The molecule has 0 rings (SSSR count). The van der Waals surface area contributed by atoms with Crippen molar-refractivity contribution in [3.63, 3.8) is 0 Å². The van der Waals surface area contributed by atoms with Crippen LogP contribution in [0.3, 0.4) is 0 Å². The highest BCUT2D eigenvalue weighted by Gasteiger charge is 2.44. The first-order chi connectivity index (χ1) is 7.66. The third-order valence-electron chi connectivity index (χ3n) is 1.28. The maximum Gasteiger partial charge on any atom is 0.679 e. The molecule has 0 aliphatic heterocycles. The van der Waals surface area contributed by atoms with Crippen LogP contribution in [0, 0.1) is 0 Å². The maximum atomic E-state index is 7.57. The number of hydrogen-bond acceptors (Lipinski definition) is 5. The molecule has 0 atom stereocenters. The molecule has 0 heterocycles. The van der Waals surface area contributed by atoms with Gasteiger partial charge in [0.15, 0.2) is 0 Å². The largest absolute Gasteiger partial charge is 0.679 e. The van der Waals surface area contributed by atoms with E-state index in [-0.39, 0.29) is 12.1 Å². The van der Waals surface area contributed by atoms with Crippen LogP contribution in [0.4, 0.5) is 0 Å². The summed E-state index contributed by atoms with van der Waals surface area (Å²) in [5.41, 5.74) is 0. The van der Waals surface area contributed by atoms with Crippen LogP contribution >= 0.6 is 0 Å². The second-order valence-corrected chi connectivity index (χ2v) is 4.70. The molecule has 6 nitrogen and oxygen atoms in total. The smallest absolute Gasteiger partial charge is 0.412 e. The van der Waals surface area contributed by atoms with E-state index in [0.29, 0.717) is 26.4 Å². The van der Waals surface area contributed by atoms with Gasteiger partial charge in [-0.3, -0.25) is 0 Å². The molecular weight excluding hydrogens is 244 g/mol. The standard InChI is InChI=1S/C8H20O4Si.C2H6O.H2O/c1-5-9-13(10-6-2,11-7-3)12-8-4;1-2-3;/h5-8H2,1-4H3;3H,2H2,1H3;1H2. The minimum Gasteiger partial charge on any atom is -0.412 e. The van der Waals surface area contributed by atoms with E-state index in [9.17, 15) is 0 Å². The van der Waals surface area contributed by atoms with Crippen molar-refractivity contribution in [3.05, 3.63) is 0 Å². The fourth-order valence-corrected chi connectivity index (χ4v) is 2.87. The monoisotopic (exact) mass is 272 g/mol. The van der Waals surface area contributed by atoms with Crippen LogP contribution in [0.2, 0.25) is 0 Å². The van der Waals surface area contributed by atoms with Crippen LogP contribution in [0.5, 0.6) is 0 Å². The van der Waals surface area contributed by atoms with Gasteiger partial charge < -0.3 is 28.3 Å². The number of aliphatic hydroxyl groups excluding tert-OH is 1. The molecule has 0 spiro atoms. The predicted octanol–water partition coefficient (Wildman–Crippen LogP) is 0.742. The van der Waals surface area contributed by atoms with Crippen LogP contribution in [-0.2, 0) is 17.7 Å². The van der Waals surface area contributed by atoms with Gasteiger partial charge in [-0.1, -0.05) is 0 Å².